The molecule has 0 aliphatic carbocycles. The molecule has 0 spiro atoms. The van der Waals surface area contributed by atoms with Crippen molar-refractivity contribution < 1.29 is 18.0 Å². The topological polar surface area (TPSA) is 17.1 Å². The van der Waals surface area contributed by atoms with Crippen LogP contribution in [0.15, 0.2) is 34.1 Å². The molecule has 1 heterocycles. The Labute approximate surface area is 124 Å². The second kappa shape index (κ2) is 5.26. The van der Waals surface area contributed by atoms with Crippen LogP contribution < -0.4 is 0 Å². The second-order valence-corrected chi connectivity index (χ2v) is 6.42. The van der Waals surface area contributed by atoms with Gasteiger partial charge in [-0.3, -0.25) is 4.79 Å². The van der Waals surface area contributed by atoms with Crippen molar-refractivity contribution in [1.82, 2.24) is 0 Å². The van der Waals surface area contributed by atoms with Crippen molar-refractivity contribution in [2.24, 2.45) is 0 Å². The van der Waals surface area contributed by atoms with E-state index < -0.39 is 17.5 Å². The Hall–Kier alpha value is -0.850. The van der Waals surface area contributed by atoms with Crippen LogP contribution >= 0.6 is 38.9 Å². The van der Waals surface area contributed by atoms with E-state index in [1.807, 2.05) is 0 Å². The highest BCUT2D eigenvalue weighted by Gasteiger charge is 2.31. The number of alkyl halides is 3. The van der Waals surface area contributed by atoms with Crippen molar-refractivity contribution in [2.75, 3.05) is 0 Å². The average Bonchev–Trinajstić information content (AvgIpc) is 2.68. The third kappa shape index (κ3) is 3.19. The van der Waals surface area contributed by atoms with Crippen LogP contribution in [0, 0.1) is 0 Å². The zero-order chi connectivity index (χ0) is 14.2. The maximum Gasteiger partial charge on any atom is 0.416 e. The van der Waals surface area contributed by atoms with Crippen LogP contribution in [0.5, 0.6) is 0 Å². The van der Waals surface area contributed by atoms with Crippen LogP contribution in [0.25, 0.3) is 0 Å². The van der Waals surface area contributed by atoms with Crippen LogP contribution in [-0.4, -0.2) is 5.78 Å². The molecule has 0 bridgehead atoms. The predicted molar refractivity (Wildman–Crippen MR) is 71.9 cm³/mol. The molecule has 0 atom stereocenters. The van der Waals surface area contributed by atoms with Gasteiger partial charge in [-0.05, 0) is 34.1 Å². The molecule has 0 radical (unpaired) electrons. The molecule has 0 aliphatic heterocycles. The van der Waals surface area contributed by atoms with E-state index in [1.165, 1.54) is 18.2 Å². The lowest BCUT2D eigenvalue weighted by Gasteiger charge is -2.07. The van der Waals surface area contributed by atoms with E-state index in [2.05, 4.69) is 15.9 Å². The van der Waals surface area contributed by atoms with Gasteiger partial charge in [0.15, 0.2) is 0 Å². The molecule has 19 heavy (non-hydrogen) atoms. The van der Waals surface area contributed by atoms with E-state index in [4.69, 9.17) is 11.6 Å². The van der Waals surface area contributed by atoms with Gasteiger partial charge < -0.3 is 0 Å². The summed E-state index contributed by atoms with van der Waals surface area (Å²) in [7, 11) is 0. The number of benzene rings is 1. The largest absolute Gasteiger partial charge is 0.416 e. The maximum atomic E-state index is 12.6. The lowest BCUT2D eigenvalue weighted by atomic mass is 10.1. The van der Waals surface area contributed by atoms with E-state index in [0.717, 1.165) is 23.5 Å². The highest BCUT2D eigenvalue weighted by Crippen LogP contribution is 2.34. The van der Waals surface area contributed by atoms with E-state index in [-0.39, 0.29) is 10.4 Å². The molecule has 7 heteroatoms. The summed E-state index contributed by atoms with van der Waals surface area (Å²) in [6.45, 7) is 0. The van der Waals surface area contributed by atoms with E-state index >= 15 is 0 Å². The summed E-state index contributed by atoms with van der Waals surface area (Å²) in [6, 6.07) is 5.75. The maximum absolute atomic E-state index is 12.6. The SMILES string of the molecule is O=C(c1cccc(C(F)(F)F)c1)c1cc(Cl)c(Br)s1. The minimum Gasteiger partial charge on any atom is -0.288 e. The predicted octanol–water partition coefficient (Wildman–Crippen LogP) is 5.41. The first-order valence-corrected chi connectivity index (χ1v) is 6.94. The summed E-state index contributed by atoms with van der Waals surface area (Å²) in [5.74, 6) is -0.483. The van der Waals surface area contributed by atoms with Crippen LogP contribution in [0.3, 0.4) is 0 Å². The standard InChI is InChI=1S/C12H5BrClF3OS/c13-11-8(14)5-9(19-11)10(18)6-2-1-3-7(4-6)12(15,16)17/h1-5H. The van der Waals surface area contributed by atoms with Gasteiger partial charge in [0.25, 0.3) is 0 Å². The zero-order valence-electron chi connectivity index (χ0n) is 9.09. The number of ketones is 1. The molecule has 100 valence electrons. The first kappa shape index (κ1) is 14.6. The summed E-state index contributed by atoms with van der Waals surface area (Å²) < 4.78 is 38.3. The molecule has 1 nitrogen and oxygen atoms in total. The Kier molecular flexibility index (Phi) is 4.03. The lowest BCUT2D eigenvalue weighted by Crippen LogP contribution is -2.07. The fraction of sp³-hybridized carbons (Fsp3) is 0.0833. The van der Waals surface area contributed by atoms with Gasteiger partial charge in [-0.2, -0.15) is 13.2 Å². The number of carbonyl (C=O) groups is 1. The third-order valence-electron chi connectivity index (χ3n) is 2.32. The Morgan fingerprint density at radius 3 is 2.47 bits per heavy atom. The Balaban J connectivity index is 2.39. The Bertz CT molecular complexity index is 617. The summed E-state index contributed by atoms with van der Waals surface area (Å²) in [6.07, 6.45) is -4.47. The van der Waals surface area contributed by atoms with Gasteiger partial charge in [0, 0.05) is 5.56 Å². The molecule has 0 saturated carbocycles. The molecule has 0 N–H and O–H groups in total. The third-order valence-corrected chi connectivity index (χ3v) is 4.79. The minimum absolute atomic E-state index is 0.0137. The molecule has 2 aromatic rings. The van der Waals surface area contributed by atoms with Crippen molar-refractivity contribution in [2.45, 2.75) is 6.18 Å². The highest BCUT2D eigenvalue weighted by atomic mass is 79.9. The van der Waals surface area contributed by atoms with Gasteiger partial charge in [-0.1, -0.05) is 23.7 Å². The number of thiophene rings is 1. The summed E-state index contributed by atoms with van der Waals surface area (Å²) >= 11 is 10.0. The van der Waals surface area contributed by atoms with E-state index in [9.17, 15) is 18.0 Å². The number of hydrogen-bond donors (Lipinski definition) is 0. The smallest absolute Gasteiger partial charge is 0.288 e. The van der Waals surface area contributed by atoms with Gasteiger partial charge in [-0.15, -0.1) is 11.3 Å². The summed E-state index contributed by atoms with van der Waals surface area (Å²) in [5, 5.41) is 0.361. The molecule has 1 aromatic carbocycles. The molecule has 0 fully saturated rings. The van der Waals surface area contributed by atoms with Crippen LogP contribution in [0.4, 0.5) is 13.2 Å². The van der Waals surface area contributed by atoms with Crippen LogP contribution in [0.1, 0.15) is 20.8 Å². The molecule has 1 aromatic heterocycles. The van der Waals surface area contributed by atoms with E-state index in [1.54, 1.807) is 0 Å². The van der Waals surface area contributed by atoms with Crippen molar-refractivity contribution >= 4 is 44.7 Å². The van der Waals surface area contributed by atoms with E-state index in [0.29, 0.717) is 8.81 Å². The van der Waals surface area contributed by atoms with Gasteiger partial charge in [0.1, 0.15) is 0 Å². The lowest BCUT2D eigenvalue weighted by molar-refractivity contribution is -0.137. The highest BCUT2D eigenvalue weighted by molar-refractivity contribution is 9.11. The van der Waals surface area contributed by atoms with Gasteiger partial charge in [0.2, 0.25) is 5.78 Å². The summed E-state index contributed by atoms with van der Waals surface area (Å²) in [5.41, 5.74) is -0.861. The molecular formula is C12H5BrClF3OS. The van der Waals surface area contributed by atoms with Gasteiger partial charge >= 0.3 is 6.18 Å². The minimum atomic E-state index is -4.47. The van der Waals surface area contributed by atoms with Crippen molar-refractivity contribution in [3.63, 3.8) is 0 Å². The fourth-order valence-electron chi connectivity index (χ4n) is 1.44. The molecule has 0 saturated heterocycles. The number of rotatable bonds is 2. The van der Waals surface area contributed by atoms with Gasteiger partial charge in [-0.25, -0.2) is 0 Å². The number of hydrogen-bond acceptors (Lipinski definition) is 2. The summed E-state index contributed by atoms with van der Waals surface area (Å²) in [4.78, 5) is 12.3. The molecule has 0 amide bonds. The van der Waals surface area contributed by atoms with Crippen molar-refractivity contribution in [1.29, 1.82) is 0 Å². The molecule has 0 unspecified atom stereocenters. The molecule has 2 rings (SSSR count). The zero-order valence-corrected chi connectivity index (χ0v) is 12.3. The first-order valence-electron chi connectivity index (χ1n) is 4.96. The first-order chi connectivity index (χ1) is 8.79. The number of halogens is 5. The Morgan fingerprint density at radius 1 is 1.26 bits per heavy atom. The van der Waals surface area contributed by atoms with Crippen LogP contribution in [-0.2, 0) is 6.18 Å². The molecule has 0 aliphatic rings. The monoisotopic (exact) mass is 368 g/mol. The normalized spacial score (nSPS) is 11.6. The average molecular weight is 370 g/mol. The molecular weight excluding hydrogens is 365 g/mol. The fourth-order valence-corrected chi connectivity index (χ4v) is 3.10. The Morgan fingerprint density at radius 2 is 1.95 bits per heavy atom. The van der Waals surface area contributed by atoms with Gasteiger partial charge in [0.05, 0.1) is 19.2 Å². The number of carbonyl (C=O) groups excluding carboxylic acids is 1. The quantitative estimate of drug-likeness (QED) is 0.647. The van der Waals surface area contributed by atoms with Crippen LogP contribution in [0.2, 0.25) is 5.02 Å². The van der Waals surface area contributed by atoms with Crippen molar-refractivity contribution in [3.05, 3.63) is 55.1 Å². The van der Waals surface area contributed by atoms with Crippen molar-refractivity contribution in [3.8, 4) is 0 Å². The second-order valence-electron chi connectivity index (χ2n) is 3.64.